The number of hydrogen-bond donors (Lipinski definition) is 1. The van der Waals surface area contributed by atoms with E-state index < -0.39 is 0 Å². The lowest BCUT2D eigenvalue weighted by Crippen LogP contribution is -2.35. The number of methoxy groups -OCH3 is 1. The maximum atomic E-state index is 5.68. The van der Waals surface area contributed by atoms with Crippen LogP contribution in [0.5, 0.6) is 0 Å². The first-order chi connectivity index (χ1) is 10.0. The molecule has 0 heterocycles. The van der Waals surface area contributed by atoms with Gasteiger partial charge in [0.25, 0.3) is 0 Å². The fourth-order valence-electron chi connectivity index (χ4n) is 1.78. The first-order valence-electron chi connectivity index (χ1n) is 7.49. The molecule has 120 valence electrons. The highest BCUT2D eigenvalue weighted by atomic mass is 16.5. The van der Waals surface area contributed by atoms with E-state index >= 15 is 0 Å². The molecular formula is C17H29NO3. The van der Waals surface area contributed by atoms with Crippen molar-refractivity contribution in [2.45, 2.75) is 39.5 Å². The number of benzene rings is 1. The van der Waals surface area contributed by atoms with E-state index in [9.17, 15) is 0 Å². The molecule has 0 radical (unpaired) electrons. The Labute approximate surface area is 128 Å². The summed E-state index contributed by atoms with van der Waals surface area (Å²) in [6, 6.07) is 8.38. The zero-order valence-corrected chi connectivity index (χ0v) is 13.8. The van der Waals surface area contributed by atoms with E-state index in [0.29, 0.717) is 33.0 Å². The molecule has 0 aliphatic rings. The van der Waals surface area contributed by atoms with E-state index in [1.165, 1.54) is 11.1 Å². The summed E-state index contributed by atoms with van der Waals surface area (Å²) in [5.74, 6) is 0. The van der Waals surface area contributed by atoms with E-state index in [4.69, 9.17) is 14.2 Å². The summed E-state index contributed by atoms with van der Waals surface area (Å²) in [7, 11) is 1.67. The van der Waals surface area contributed by atoms with Crippen molar-refractivity contribution in [1.82, 2.24) is 5.32 Å². The molecule has 0 aliphatic carbocycles. The molecule has 0 fully saturated rings. The molecule has 0 saturated carbocycles. The lowest BCUT2D eigenvalue weighted by Gasteiger charge is -2.21. The predicted octanol–water partition coefficient (Wildman–Crippen LogP) is 2.75. The molecule has 0 aromatic heterocycles. The fourth-order valence-corrected chi connectivity index (χ4v) is 1.78. The van der Waals surface area contributed by atoms with Crippen molar-refractivity contribution in [3.63, 3.8) is 0 Å². The van der Waals surface area contributed by atoms with Crippen LogP contribution in [0.15, 0.2) is 24.3 Å². The maximum absolute atomic E-state index is 5.68. The number of nitrogens with one attached hydrogen (secondary N) is 1. The van der Waals surface area contributed by atoms with Crippen LogP contribution >= 0.6 is 0 Å². The van der Waals surface area contributed by atoms with Gasteiger partial charge in [0, 0.05) is 19.2 Å². The Kier molecular flexibility index (Phi) is 8.54. The van der Waals surface area contributed by atoms with Gasteiger partial charge in [-0.15, -0.1) is 0 Å². The molecule has 21 heavy (non-hydrogen) atoms. The minimum Gasteiger partial charge on any atom is -0.382 e. The Morgan fingerprint density at radius 2 is 1.52 bits per heavy atom. The van der Waals surface area contributed by atoms with Crippen LogP contribution in [0.1, 0.15) is 31.9 Å². The van der Waals surface area contributed by atoms with Crippen molar-refractivity contribution >= 4 is 0 Å². The summed E-state index contributed by atoms with van der Waals surface area (Å²) in [5, 5.41) is 3.51. The highest BCUT2D eigenvalue weighted by molar-refractivity contribution is 5.26. The molecule has 4 heteroatoms. The second-order valence-corrected chi connectivity index (χ2v) is 6.03. The average Bonchev–Trinajstić information content (AvgIpc) is 2.44. The van der Waals surface area contributed by atoms with Gasteiger partial charge in [-0.3, -0.25) is 0 Å². The largest absolute Gasteiger partial charge is 0.382 e. The Morgan fingerprint density at radius 1 is 0.905 bits per heavy atom. The van der Waals surface area contributed by atoms with E-state index in [-0.39, 0.29) is 5.54 Å². The molecule has 1 N–H and O–H groups in total. The van der Waals surface area contributed by atoms with Crippen molar-refractivity contribution in [1.29, 1.82) is 0 Å². The van der Waals surface area contributed by atoms with Crippen LogP contribution < -0.4 is 5.32 Å². The van der Waals surface area contributed by atoms with Gasteiger partial charge in [0.15, 0.2) is 0 Å². The number of rotatable bonds is 10. The minimum absolute atomic E-state index is 0.114. The lowest BCUT2D eigenvalue weighted by atomic mass is 10.1. The Balaban J connectivity index is 2.31. The van der Waals surface area contributed by atoms with E-state index in [1.807, 2.05) is 6.07 Å². The standard InChI is InChI=1S/C17H29NO3/c1-17(2,3)18-13-15-7-5-6-8-16(15)14-21-12-11-20-10-9-19-4/h5-8,18H,9-14H2,1-4H3. The topological polar surface area (TPSA) is 39.7 Å². The van der Waals surface area contributed by atoms with Crippen LogP contribution in [0.25, 0.3) is 0 Å². The van der Waals surface area contributed by atoms with Gasteiger partial charge < -0.3 is 19.5 Å². The van der Waals surface area contributed by atoms with Gasteiger partial charge in [0.2, 0.25) is 0 Å². The zero-order chi connectivity index (χ0) is 15.6. The van der Waals surface area contributed by atoms with Gasteiger partial charge in [-0.25, -0.2) is 0 Å². The van der Waals surface area contributed by atoms with Crippen molar-refractivity contribution in [2.75, 3.05) is 33.5 Å². The minimum atomic E-state index is 0.114. The molecule has 0 bridgehead atoms. The number of hydrogen-bond acceptors (Lipinski definition) is 4. The summed E-state index contributed by atoms with van der Waals surface area (Å²) in [4.78, 5) is 0. The average molecular weight is 295 g/mol. The summed E-state index contributed by atoms with van der Waals surface area (Å²) >= 11 is 0. The summed E-state index contributed by atoms with van der Waals surface area (Å²) in [6.07, 6.45) is 0. The Bertz CT molecular complexity index is 388. The fraction of sp³-hybridized carbons (Fsp3) is 0.647. The summed E-state index contributed by atoms with van der Waals surface area (Å²) in [6.45, 7) is 10.4. The van der Waals surface area contributed by atoms with Crippen LogP contribution in [0.4, 0.5) is 0 Å². The molecule has 0 aliphatic heterocycles. The monoisotopic (exact) mass is 295 g/mol. The molecule has 0 saturated heterocycles. The van der Waals surface area contributed by atoms with E-state index in [1.54, 1.807) is 7.11 Å². The molecule has 1 aromatic rings. The van der Waals surface area contributed by atoms with Crippen molar-refractivity contribution in [3.05, 3.63) is 35.4 Å². The van der Waals surface area contributed by atoms with E-state index in [2.05, 4.69) is 44.3 Å². The highest BCUT2D eigenvalue weighted by Crippen LogP contribution is 2.11. The second-order valence-electron chi connectivity index (χ2n) is 6.03. The van der Waals surface area contributed by atoms with Crippen LogP contribution in [0.3, 0.4) is 0 Å². The van der Waals surface area contributed by atoms with Gasteiger partial charge in [0.1, 0.15) is 0 Å². The zero-order valence-electron chi connectivity index (χ0n) is 13.8. The normalized spacial score (nSPS) is 11.8. The Morgan fingerprint density at radius 3 is 2.19 bits per heavy atom. The molecule has 4 nitrogen and oxygen atoms in total. The second kappa shape index (κ2) is 9.90. The van der Waals surface area contributed by atoms with Crippen LogP contribution in [0.2, 0.25) is 0 Å². The molecule has 0 atom stereocenters. The smallest absolute Gasteiger partial charge is 0.0721 e. The molecule has 1 rings (SSSR count). The Hall–Kier alpha value is -0.940. The third-order valence-corrected chi connectivity index (χ3v) is 2.99. The third kappa shape index (κ3) is 8.83. The van der Waals surface area contributed by atoms with Gasteiger partial charge in [0.05, 0.1) is 33.0 Å². The van der Waals surface area contributed by atoms with Gasteiger partial charge >= 0.3 is 0 Å². The quantitative estimate of drug-likeness (QED) is 0.674. The molecule has 0 unspecified atom stereocenters. The SMILES string of the molecule is COCCOCCOCc1ccccc1CNC(C)(C)C. The van der Waals surface area contributed by atoms with Crippen molar-refractivity contribution in [2.24, 2.45) is 0 Å². The third-order valence-electron chi connectivity index (χ3n) is 2.99. The molecule has 0 spiro atoms. The first kappa shape index (κ1) is 18.1. The van der Waals surface area contributed by atoms with Gasteiger partial charge in [-0.2, -0.15) is 0 Å². The maximum Gasteiger partial charge on any atom is 0.0721 e. The van der Waals surface area contributed by atoms with Crippen LogP contribution in [-0.4, -0.2) is 39.1 Å². The molecular weight excluding hydrogens is 266 g/mol. The van der Waals surface area contributed by atoms with Gasteiger partial charge in [-0.05, 0) is 31.9 Å². The number of ether oxygens (including phenoxy) is 3. The first-order valence-corrected chi connectivity index (χ1v) is 7.49. The van der Waals surface area contributed by atoms with Crippen LogP contribution in [0, 0.1) is 0 Å². The molecule has 0 amide bonds. The van der Waals surface area contributed by atoms with Crippen LogP contribution in [-0.2, 0) is 27.4 Å². The van der Waals surface area contributed by atoms with Gasteiger partial charge in [-0.1, -0.05) is 24.3 Å². The predicted molar refractivity (Wildman–Crippen MR) is 85.4 cm³/mol. The highest BCUT2D eigenvalue weighted by Gasteiger charge is 2.10. The van der Waals surface area contributed by atoms with Crippen molar-refractivity contribution < 1.29 is 14.2 Å². The molecule has 1 aromatic carbocycles. The van der Waals surface area contributed by atoms with E-state index in [0.717, 1.165) is 6.54 Å². The summed E-state index contributed by atoms with van der Waals surface area (Å²) < 4.78 is 16.0. The van der Waals surface area contributed by atoms with Crippen molar-refractivity contribution in [3.8, 4) is 0 Å². The lowest BCUT2D eigenvalue weighted by molar-refractivity contribution is 0.0198. The summed E-state index contributed by atoms with van der Waals surface area (Å²) in [5.41, 5.74) is 2.63.